The third-order valence-electron chi connectivity index (χ3n) is 3.13. The van der Waals surface area contributed by atoms with Gasteiger partial charge in [0.2, 0.25) is 0 Å². The van der Waals surface area contributed by atoms with Crippen LogP contribution in [0, 0.1) is 17.0 Å². The Bertz CT molecular complexity index is 909. The van der Waals surface area contributed by atoms with Crippen LogP contribution in [0.25, 0.3) is 16.9 Å². The van der Waals surface area contributed by atoms with Crippen molar-refractivity contribution in [2.75, 3.05) is 5.73 Å². The third-order valence-corrected chi connectivity index (χ3v) is 3.13. The van der Waals surface area contributed by atoms with E-state index in [1.807, 2.05) is 0 Å². The fourth-order valence-electron chi connectivity index (χ4n) is 1.96. The van der Waals surface area contributed by atoms with E-state index in [1.54, 1.807) is 6.92 Å². The minimum atomic E-state index is -0.585. The van der Waals surface area contributed by atoms with Gasteiger partial charge in [-0.3, -0.25) is 10.1 Å². The number of benzene rings is 1. The molecule has 0 aliphatic heterocycles. The molecule has 9 nitrogen and oxygen atoms in total. The van der Waals surface area contributed by atoms with Gasteiger partial charge in [0.15, 0.2) is 5.65 Å². The number of anilines is 1. The van der Waals surface area contributed by atoms with Crippen LogP contribution in [-0.4, -0.2) is 24.7 Å². The maximum atomic E-state index is 12.0. The first-order valence-corrected chi connectivity index (χ1v) is 5.97. The summed E-state index contributed by atoms with van der Waals surface area (Å²) < 4.78 is 1.06. The lowest BCUT2D eigenvalue weighted by molar-refractivity contribution is -0.384. The Morgan fingerprint density at radius 3 is 2.62 bits per heavy atom. The van der Waals surface area contributed by atoms with Gasteiger partial charge < -0.3 is 10.7 Å². The number of aromatic nitrogens is 4. The average Bonchev–Trinajstić information content (AvgIpc) is 2.73. The Morgan fingerprint density at radius 1 is 1.33 bits per heavy atom. The summed E-state index contributed by atoms with van der Waals surface area (Å²) in [7, 11) is 0. The van der Waals surface area contributed by atoms with Gasteiger partial charge in [0.1, 0.15) is 11.3 Å². The van der Waals surface area contributed by atoms with Crippen LogP contribution in [0.1, 0.15) is 5.56 Å². The maximum Gasteiger partial charge on any atom is 0.369 e. The molecule has 0 aliphatic carbocycles. The van der Waals surface area contributed by atoms with E-state index >= 15 is 0 Å². The van der Waals surface area contributed by atoms with Crippen molar-refractivity contribution in [3.63, 3.8) is 0 Å². The molecule has 0 fully saturated rings. The SMILES string of the molecule is Cc1c(N)[nH]c2nn(-c3ccc([N+](=O)[O-])cc3)c(=O)nc12. The zero-order valence-corrected chi connectivity index (χ0v) is 10.9. The Kier molecular flexibility index (Phi) is 2.68. The molecular formula is C12H10N6O3. The molecule has 0 spiro atoms. The van der Waals surface area contributed by atoms with E-state index in [0.717, 1.165) is 4.68 Å². The first-order chi connectivity index (χ1) is 9.97. The number of nitro groups is 1. The molecule has 9 heteroatoms. The predicted octanol–water partition coefficient (Wildman–Crippen LogP) is 0.908. The summed E-state index contributed by atoms with van der Waals surface area (Å²) >= 11 is 0. The van der Waals surface area contributed by atoms with Crippen LogP contribution in [0.2, 0.25) is 0 Å². The van der Waals surface area contributed by atoms with E-state index in [9.17, 15) is 14.9 Å². The van der Waals surface area contributed by atoms with Crippen molar-refractivity contribution in [2.45, 2.75) is 6.92 Å². The monoisotopic (exact) mass is 286 g/mol. The molecule has 106 valence electrons. The number of non-ortho nitro benzene ring substituents is 1. The molecule has 0 aliphatic rings. The molecule has 0 unspecified atom stereocenters. The summed E-state index contributed by atoms with van der Waals surface area (Å²) in [6.45, 7) is 1.73. The predicted molar refractivity (Wildman–Crippen MR) is 75.3 cm³/mol. The molecule has 0 radical (unpaired) electrons. The molecule has 3 aromatic rings. The number of nitrogens with one attached hydrogen (secondary N) is 1. The van der Waals surface area contributed by atoms with Gasteiger partial charge in [-0.2, -0.15) is 9.67 Å². The minimum Gasteiger partial charge on any atom is -0.385 e. The number of nitrogens with two attached hydrogens (primary N) is 1. The Labute approximate surface area is 117 Å². The van der Waals surface area contributed by atoms with E-state index in [4.69, 9.17) is 5.73 Å². The summed E-state index contributed by atoms with van der Waals surface area (Å²) in [6, 6.07) is 5.45. The lowest BCUT2D eigenvalue weighted by atomic mass is 10.3. The maximum absolute atomic E-state index is 12.0. The zero-order chi connectivity index (χ0) is 15.1. The molecular weight excluding hydrogens is 276 g/mol. The fourth-order valence-corrected chi connectivity index (χ4v) is 1.96. The number of hydrogen-bond donors (Lipinski definition) is 2. The molecule has 2 heterocycles. The average molecular weight is 286 g/mol. The second-order valence-electron chi connectivity index (χ2n) is 4.44. The molecule has 1 aromatic carbocycles. The number of nitrogen functional groups attached to an aromatic ring is 1. The summed E-state index contributed by atoms with van der Waals surface area (Å²) in [5, 5.41) is 14.8. The fraction of sp³-hybridized carbons (Fsp3) is 0.0833. The van der Waals surface area contributed by atoms with E-state index < -0.39 is 10.6 Å². The number of rotatable bonds is 2. The number of nitro benzene ring substituents is 1. The van der Waals surface area contributed by atoms with Gasteiger partial charge in [-0.05, 0) is 19.1 Å². The molecule has 0 atom stereocenters. The second-order valence-corrected chi connectivity index (χ2v) is 4.44. The Balaban J connectivity index is 2.18. The van der Waals surface area contributed by atoms with Gasteiger partial charge >= 0.3 is 5.69 Å². The topological polar surface area (TPSA) is 133 Å². The van der Waals surface area contributed by atoms with Crippen molar-refractivity contribution in [2.24, 2.45) is 0 Å². The first kappa shape index (κ1) is 12.8. The number of aromatic amines is 1. The number of aryl methyl sites for hydroxylation is 1. The molecule has 2 aromatic heterocycles. The van der Waals surface area contributed by atoms with Crippen molar-refractivity contribution in [1.82, 2.24) is 19.7 Å². The lowest BCUT2D eigenvalue weighted by Gasteiger charge is -2.03. The molecule has 3 N–H and O–H groups in total. The van der Waals surface area contributed by atoms with Crippen molar-refractivity contribution in [3.05, 3.63) is 50.4 Å². The highest BCUT2D eigenvalue weighted by Crippen LogP contribution is 2.19. The number of fused-ring (bicyclic) bond motifs is 1. The summed E-state index contributed by atoms with van der Waals surface area (Å²) in [4.78, 5) is 28.9. The van der Waals surface area contributed by atoms with E-state index in [1.165, 1.54) is 24.3 Å². The summed E-state index contributed by atoms with van der Waals surface area (Å²) in [6.07, 6.45) is 0. The largest absolute Gasteiger partial charge is 0.385 e. The number of H-pyrrole nitrogens is 1. The second kappa shape index (κ2) is 4.40. The first-order valence-electron chi connectivity index (χ1n) is 5.97. The molecule has 0 bridgehead atoms. The van der Waals surface area contributed by atoms with Crippen LogP contribution in [0.5, 0.6) is 0 Å². The highest BCUT2D eigenvalue weighted by atomic mass is 16.6. The molecule has 0 saturated carbocycles. The van der Waals surface area contributed by atoms with Crippen LogP contribution in [0.3, 0.4) is 0 Å². The standard InChI is InChI=1S/C12H10N6O3/c1-6-9-11(15-10(6)13)16-17(12(19)14-9)7-2-4-8(5-3-7)18(20)21/h2-5H,13H2,1H3,(H,15,16). The van der Waals surface area contributed by atoms with Gasteiger partial charge in [-0.25, -0.2) is 4.79 Å². The normalized spacial score (nSPS) is 10.9. The van der Waals surface area contributed by atoms with Gasteiger partial charge in [-0.15, -0.1) is 5.10 Å². The van der Waals surface area contributed by atoms with E-state index in [0.29, 0.717) is 28.2 Å². The Hall–Kier alpha value is -3.23. The summed E-state index contributed by atoms with van der Waals surface area (Å²) in [5.41, 5.74) is 6.90. The highest BCUT2D eigenvalue weighted by molar-refractivity contribution is 5.80. The highest BCUT2D eigenvalue weighted by Gasteiger charge is 2.12. The van der Waals surface area contributed by atoms with E-state index in [-0.39, 0.29) is 5.69 Å². The molecule has 21 heavy (non-hydrogen) atoms. The van der Waals surface area contributed by atoms with Gasteiger partial charge in [-0.1, -0.05) is 0 Å². The third kappa shape index (κ3) is 2.00. The van der Waals surface area contributed by atoms with E-state index in [2.05, 4.69) is 15.1 Å². The van der Waals surface area contributed by atoms with Crippen molar-refractivity contribution < 1.29 is 4.92 Å². The van der Waals surface area contributed by atoms with Crippen LogP contribution in [0.4, 0.5) is 11.5 Å². The van der Waals surface area contributed by atoms with Gasteiger partial charge in [0.25, 0.3) is 5.69 Å². The van der Waals surface area contributed by atoms with Crippen molar-refractivity contribution >= 4 is 22.7 Å². The van der Waals surface area contributed by atoms with Crippen LogP contribution in [-0.2, 0) is 0 Å². The van der Waals surface area contributed by atoms with Crippen LogP contribution >= 0.6 is 0 Å². The smallest absolute Gasteiger partial charge is 0.369 e. The van der Waals surface area contributed by atoms with Gasteiger partial charge in [0, 0.05) is 17.7 Å². The van der Waals surface area contributed by atoms with Crippen LogP contribution in [0.15, 0.2) is 29.1 Å². The zero-order valence-electron chi connectivity index (χ0n) is 10.9. The lowest BCUT2D eigenvalue weighted by Crippen LogP contribution is -2.23. The number of hydrogen-bond acceptors (Lipinski definition) is 6. The number of nitrogens with zero attached hydrogens (tertiary/aromatic N) is 4. The molecule has 3 rings (SSSR count). The van der Waals surface area contributed by atoms with Crippen LogP contribution < -0.4 is 11.4 Å². The van der Waals surface area contributed by atoms with Gasteiger partial charge in [0.05, 0.1) is 10.6 Å². The Morgan fingerprint density at radius 2 is 2.00 bits per heavy atom. The molecule has 0 amide bonds. The molecule has 0 saturated heterocycles. The van der Waals surface area contributed by atoms with Crippen molar-refractivity contribution in [3.8, 4) is 5.69 Å². The summed E-state index contributed by atoms with van der Waals surface area (Å²) in [5.74, 6) is 0.394. The van der Waals surface area contributed by atoms with Crippen molar-refractivity contribution in [1.29, 1.82) is 0 Å². The minimum absolute atomic E-state index is 0.0687. The quantitative estimate of drug-likeness (QED) is 0.531.